The lowest BCUT2D eigenvalue weighted by Gasteiger charge is -2.31. The van der Waals surface area contributed by atoms with Crippen LogP contribution >= 0.6 is 0 Å². The van der Waals surface area contributed by atoms with E-state index in [0.717, 1.165) is 23.8 Å². The van der Waals surface area contributed by atoms with Gasteiger partial charge in [-0.2, -0.15) is 0 Å². The maximum atomic E-state index is 12.4. The smallest absolute Gasteiger partial charge is 0.255 e. The van der Waals surface area contributed by atoms with Gasteiger partial charge in [-0.1, -0.05) is 32.0 Å². The highest BCUT2D eigenvalue weighted by molar-refractivity contribution is 6.05. The lowest BCUT2D eigenvalue weighted by Crippen LogP contribution is -2.37. The van der Waals surface area contributed by atoms with Crippen molar-refractivity contribution in [3.05, 3.63) is 36.1 Å². The van der Waals surface area contributed by atoms with Gasteiger partial charge in [-0.05, 0) is 30.7 Å². The van der Waals surface area contributed by atoms with Gasteiger partial charge >= 0.3 is 0 Å². The Balaban J connectivity index is 2.11. The summed E-state index contributed by atoms with van der Waals surface area (Å²) in [6.45, 7) is 4.90. The highest BCUT2D eigenvalue weighted by Crippen LogP contribution is 2.29. The molecule has 0 aliphatic heterocycles. The summed E-state index contributed by atoms with van der Waals surface area (Å²) in [5.74, 6) is -0.121. The number of carbonyl (C=O) groups excluding carboxylic acids is 1. The van der Waals surface area contributed by atoms with Crippen molar-refractivity contribution in [2.75, 3.05) is 13.2 Å². The molecule has 0 bridgehead atoms. The van der Waals surface area contributed by atoms with Crippen LogP contribution in [0.5, 0.6) is 0 Å². The van der Waals surface area contributed by atoms with E-state index in [1.54, 1.807) is 0 Å². The molecule has 0 aliphatic rings. The molecule has 2 rings (SSSR count). The topological polar surface area (TPSA) is 62.5 Å². The highest BCUT2D eigenvalue weighted by Gasteiger charge is 2.26. The van der Waals surface area contributed by atoms with E-state index in [0.29, 0.717) is 18.5 Å². The predicted molar refractivity (Wildman–Crippen MR) is 83.3 cm³/mol. The van der Waals surface area contributed by atoms with Gasteiger partial charge in [-0.3, -0.25) is 4.79 Å². The van der Waals surface area contributed by atoms with Crippen LogP contribution in [0, 0.1) is 5.41 Å². The molecule has 21 heavy (non-hydrogen) atoms. The van der Waals surface area contributed by atoms with Crippen molar-refractivity contribution in [2.24, 2.45) is 5.41 Å². The number of carbonyl (C=O) groups is 1. The Bertz CT molecular complexity index is 599. The van der Waals surface area contributed by atoms with Crippen LogP contribution in [-0.4, -0.2) is 24.2 Å². The summed E-state index contributed by atoms with van der Waals surface area (Å²) >= 11 is 0. The maximum Gasteiger partial charge on any atom is 0.255 e. The SMILES string of the molecule is CCC(CC)(CCO)CNC(=O)c1coc2ccccc12. The average molecular weight is 289 g/mol. The highest BCUT2D eigenvalue weighted by atomic mass is 16.3. The third kappa shape index (κ3) is 3.27. The van der Waals surface area contributed by atoms with Crippen molar-refractivity contribution in [1.29, 1.82) is 0 Å². The van der Waals surface area contributed by atoms with Crippen molar-refractivity contribution in [1.82, 2.24) is 5.32 Å². The standard InChI is InChI=1S/C17H23NO3/c1-3-17(4-2,9-10-19)12-18-16(20)14-11-21-15-8-6-5-7-13(14)15/h5-8,11,19H,3-4,9-10,12H2,1-2H3,(H,18,20). The first-order chi connectivity index (χ1) is 10.2. The van der Waals surface area contributed by atoms with Crippen LogP contribution in [0.3, 0.4) is 0 Å². The third-order valence-electron chi connectivity index (χ3n) is 4.49. The zero-order chi connectivity index (χ0) is 15.3. The second kappa shape index (κ2) is 6.76. The summed E-state index contributed by atoms with van der Waals surface area (Å²) in [4.78, 5) is 12.4. The summed E-state index contributed by atoms with van der Waals surface area (Å²) in [6.07, 6.45) is 4.06. The van der Waals surface area contributed by atoms with E-state index in [-0.39, 0.29) is 17.9 Å². The Morgan fingerprint density at radius 3 is 2.67 bits per heavy atom. The molecule has 0 atom stereocenters. The van der Waals surface area contributed by atoms with Crippen LogP contribution < -0.4 is 5.32 Å². The maximum absolute atomic E-state index is 12.4. The Hall–Kier alpha value is -1.81. The number of nitrogens with one attached hydrogen (secondary N) is 1. The Morgan fingerprint density at radius 1 is 1.29 bits per heavy atom. The van der Waals surface area contributed by atoms with E-state index in [1.807, 2.05) is 24.3 Å². The molecule has 0 radical (unpaired) electrons. The molecule has 2 N–H and O–H groups in total. The van der Waals surface area contributed by atoms with E-state index in [1.165, 1.54) is 6.26 Å². The molecule has 0 spiro atoms. The number of benzene rings is 1. The summed E-state index contributed by atoms with van der Waals surface area (Å²) in [7, 11) is 0. The molecular formula is C17H23NO3. The summed E-state index contributed by atoms with van der Waals surface area (Å²) in [5, 5.41) is 13.1. The van der Waals surface area contributed by atoms with Gasteiger partial charge in [0.25, 0.3) is 5.91 Å². The molecular weight excluding hydrogens is 266 g/mol. The molecule has 4 nitrogen and oxygen atoms in total. The summed E-state index contributed by atoms with van der Waals surface area (Å²) in [6, 6.07) is 7.51. The Kier molecular flexibility index (Phi) is 5.02. The molecule has 1 aromatic carbocycles. The second-order valence-electron chi connectivity index (χ2n) is 5.51. The number of rotatable bonds is 7. The molecule has 1 heterocycles. The molecule has 2 aromatic rings. The number of amides is 1. The number of furan rings is 1. The van der Waals surface area contributed by atoms with Gasteiger partial charge in [0.05, 0.1) is 5.56 Å². The fourth-order valence-corrected chi connectivity index (χ4v) is 2.70. The molecule has 114 valence electrons. The number of para-hydroxylation sites is 1. The van der Waals surface area contributed by atoms with Crippen molar-refractivity contribution >= 4 is 16.9 Å². The number of fused-ring (bicyclic) bond motifs is 1. The second-order valence-corrected chi connectivity index (χ2v) is 5.51. The summed E-state index contributed by atoms with van der Waals surface area (Å²) < 4.78 is 5.40. The number of aliphatic hydroxyl groups is 1. The number of aliphatic hydroxyl groups excluding tert-OH is 1. The van der Waals surface area contributed by atoms with Crippen LogP contribution in [0.15, 0.2) is 34.9 Å². The van der Waals surface area contributed by atoms with E-state index in [4.69, 9.17) is 4.42 Å². The molecule has 0 saturated heterocycles. The van der Waals surface area contributed by atoms with Crippen molar-refractivity contribution < 1.29 is 14.3 Å². The van der Waals surface area contributed by atoms with Crippen molar-refractivity contribution in [2.45, 2.75) is 33.1 Å². The number of hydrogen-bond acceptors (Lipinski definition) is 3. The minimum Gasteiger partial charge on any atom is -0.463 e. The van der Waals surface area contributed by atoms with Crippen molar-refractivity contribution in [3.8, 4) is 0 Å². The normalized spacial score (nSPS) is 11.8. The number of hydrogen-bond donors (Lipinski definition) is 2. The zero-order valence-electron chi connectivity index (χ0n) is 12.7. The lowest BCUT2D eigenvalue weighted by atomic mass is 9.79. The van der Waals surface area contributed by atoms with Gasteiger partial charge in [0.2, 0.25) is 0 Å². The van der Waals surface area contributed by atoms with Crippen LogP contribution in [0.25, 0.3) is 11.0 Å². The third-order valence-corrected chi connectivity index (χ3v) is 4.49. The van der Waals surface area contributed by atoms with Crippen LogP contribution in [0.1, 0.15) is 43.5 Å². The molecule has 1 aromatic heterocycles. The monoisotopic (exact) mass is 289 g/mol. The van der Waals surface area contributed by atoms with Gasteiger partial charge in [0, 0.05) is 18.5 Å². The van der Waals surface area contributed by atoms with E-state index >= 15 is 0 Å². The average Bonchev–Trinajstić information content (AvgIpc) is 2.95. The van der Waals surface area contributed by atoms with Crippen LogP contribution in [0.2, 0.25) is 0 Å². The zero-order valence-corrected chi connectivity index (χ0v) is 12.7. The molecule has 0 fully saturated rings. The van der Waals surface area contributed by atoms with Crippen LogP contribution in [0.4, 0.5) is 0 Å². The summed E-state index contributed by atoms with van der Waals surface area (Å²) in [5.41, 5.74) is 1.25. The quantitative estimate of drug-likeness (QED) is 0.821. The Morgan fingerprint density at radius 2 is 2.00 bits per heavy atom. The molecule has 1 amide bonds. The Labute approximate surface area is 125 Å². The van der Waals surface area contributed by atoms with E-state index in [9.17, 15) is 9.90 Å². The van der Waals surface area contributed by atoms with Crippen LogP contribution in [-0.2, 0) is 0 Å². The van der Waals surface area contributed by atoms with Gasteiger partial charge in [-0.15, -0.1) is 0 Å². The lowest BCUT2D eigenvalue weighted by molar-refractivity contribution is 0.0908. The first-order valence-corrected chi connectivity index (χ1v) is 7.51. The molecule has 0 unspecified atom stereocenters. The molecule has 0 aliphatic carbocycles. The molecule has 4 heteroatoms. The van der Waals surface area contributed by atoms with Gasteiger partial charge < -0.3 is 14.8 Å². The molecule has 0 saturated carbocycles. The largest absolute Gasteiger partial charge is 0.463 e. The first kappa shape index (κ1) is 15.6. The fourth-order valence-electron chi connectivity index (χ4n) is 2.70. The minimum absolute atomic E-state index is 0.0377. The predicted octanol–water partition coefficient (Wildman–Crippen LogP) is 3.35. The minimum atomic E-state index is -0.121. The first-order valence-electron chi connectivity index (χ1n) is 7.51. The van der Waals surface area contributed by atoms with Gasteiger partial charge in [0.15, 0.2) is 0 Å². The van der Waals surface area contributed by atoms with Crippen molar-refractivity contribution in [3.63, 3.8) is 0 Å². The van der Waals surface area contributed by atoms with E-state index in [2.05, 4.69) is 19.2 Å². The van der Waals surface area contributed by atoms with Gasteiger partial charge in [0.1, 0.15) is 11.8 Å². The fraction of sp³-hybridized carbons (Fsp3) is 0.471. The van der Waals surface area contributed by atoms with E-state index < -0.39 is 0 Å². The van der Waals surface area contributed by atoms with Gasteiger partial charge in [-0.25, -0.2) is 0 Å².